The summed E-state index contributed by atoms with van der Waals surface area (Å²) < 4.78 is 0. The van der Waals surface area contributed by atoms with E-state index in [0.29, 0.717) is 5.92 Å². The number of hydrogen-bond acceptors (Lipinski definition) is 4. The van der Waals surface area contributed by atoms with Gasteiger partial charge in [0.25, 0.3) is 0 Å². The van der Waals surface area contributed by atoms with Crippen LogP contribution in [0.15, 0.2) is 24.8 Å². The van der Waals surface area contributed by atoms with Gasteiger partial charge in [0.05, 0.1) is 5.69 Å². The smallest absolute Gasteiger partial charge is 0.219 e. The number of nitrogens with one attached hydrogen (secondary N) is 1. The quantitative estimate of drug-likeness (QED) is 0.930. The number of carbonyl (C=O) groups excluding carboxylic acids is 1. The van der Waals surface area contributed by atoms with Gasteiger partial charge in [-0.3, -0.25) is 9.78 Å². The predicted molar refractivity (Wildman–Crippen MR) is 78.3 cm³/mol. The monoisotopic (exact) mass is 285 g/mol. The van der Waals surface area contributed by atoms with Crippen molar-refractivity contribution in [3.63, 3.8) is 0 Å². The topological polar surface area (TPSA) is 74.8 Å². The van der Waals surface area contributed by atoms with Crippen molar-refractivity contribution >= 4 is 5.91 Å². The number of likely N-dealkylation sites (tertiary alicyclic amines) is 1. The van der Waals surface area contributed by atoms with Gasteiger partial charge in [0.1, 0.15) is 5.69 Å². The van der Waals surface area contributed by atoms with Gasteiger partial charge >= 0.3 is 0 Å². The van der Waals surface area contributed by atoms with Crippen LogP contribution in [0.1, 0.15) is 25.5 Å². The summed E-state index contributed by atoms with van der Waals surface area (Å²) in [6, 6.07) is 0. The van der Waals surface area contributed by atoms with E-state index in [0.717, 1.165) is 49.6 Å². The molecule has 1 saturated heterocycles. The minimum Gasteiger partial charge on any atom is -0.343 e. The van der Waals surface area contributed by atoms with E-state index < -0.39 is 0 Å². The van der Waals surface area contributed by atoms with Crippen molar-refractivity contribution in [2.24, 2.45) is 5.92 Å². The van der Waals surface area contributed by atoms with Gasteiger partial charge in [-0.1, -0.05) is 0 Å². The fourth-order valence-corrected chi connectivity index (χ4v) is 2.83. The maximum absolute atomic E-state index is 11.4. The molecule has 1 N–H and O–H groups in total. The molecule has 0 radical (unpaired) electrons. The number of carbonyl (C=O) groups is 1. The Morgan fingerprint density at radius 2 is 2.00 bits per heavy atom. The van der Waals surface area contributed by atoms with E-state index in [1.807, 2.05) is 4.90 Å². The highest BCUT2D eigenvalue weighted by molar-refractivity contribution is 5.73. The molecule has 2 aromatic rings. The summed E-state index contributed by atoms with van der Waals surface area (Å²) in [5, 5.41) is 0. The molecule has 0 atom stereocenters. The first kappa shape index (κ1) is 13.7. The fourth-order valence-electron chi connectivity index (χ4n) is 2.83. The lowest BCUT2D eigenvalue weighted by atomic mass is 9.91. The van der Waals surface area contributed by atoms with E-state index in [4.69, 9.17) is 0 Å². The lowest BCUT2D eigenvalue weighted by Gasteiger charge is -2.31. The third-order valence-electron chi connectivity index (χ3n) is 4.04. The zero-order valence-electron chi connectivity index (χ0n) is 12.1. The average molecular weight is 285 g/mol. The molecule has 0 saturated carbocycles. The second kappa shape index (κ2) is 6.03. The van der Waals surface area contributed by atoms with E-state index in [1.54, 1.807) is 31.7 Å². The largest absolute Gasteiger partial charge is 0.343 e. The van der Waals surface area contributed by atoms with E-state index in [9.17, 15) is 4.79 Å². The number of rotatable bonds is 3. The molecule has 0 aromatic carbocycles. The molecule has 2 aromatic heterocycles. The first-order valence-electron chi connectivity index (χ1n) is 7.29. The molecule has 6 nitrogen and oxygen atoms in total. The van der Waals surface area contributed by atoms with Gasteiger partial charge < -0.3 is 9.88 Å². The van der Waals surface area contributed by atoms with Crippen LogP contribution in [0.4, 0.5) is 0 Å². The molecule has 1 aliphatic heterocycles. The summed E-state index contributed by atoms with van der Waals surface area (Å²) in [6.45, 7) is 3.32. The predicted octanol–water partition coefficient (Wildman–Crippen LogP) is 1.67. The highest BCUT2D eigenvalue weighted by Crippen LogP contribution is 2.24. The molecule has 3 rings (SSSR count). The number of aromatic nitrogens is 4. The zero-order chi connectivity index (χ0) is 14.7. The SMILES string of the molecule is CC(=O)N1CCC(Cc2nccnc2-c2ncc[nH]2)CC1. The van der Waals surface area contributed by atoms with Gasteiger partial charge in [-0.2, -0.15) is 0 Å². The van der Waals surface area contributed by atoms with Crippen LogP contribution in [0.25, 0.3) is 11.5 Å². The van der Waals surface area contributed by atoms with Crippen LogP contribution < -0.4 is 0 Å². The molecule has 21 heavy (non-hydrogen) atoms. The van der Waals surface area contributed by atoms with Crippen molar-refractivity contribution in [3.05, 3.63) is 30.5 Å². The molecule has 0 spiro atoms. The van der Waals surface area contributed by atoms with Crippen molar-refractivity contribution < 1.29 is 4.79 Å². The number of imidazole rings is 1. The normalized spacial score (nSPS) is 16.1. The number of aromatic amines is 1. The summed E-state index contributed by atoms with van der Waals surface area (Å²) in [6.07, 6.45) is 9.86. The number of nitrogens with zero attached hydrogens (tertiary/aromatic N) is 4. The van der Waals surface area contributed by atoms with Crippen LogP contribution in [0, 0.1) is 5.92 Å². The molecule has 0 unspecified atom stereocenters. The Hall–Kier alpha value is -2.24. The molecule has 3 heterocycles. The van der Waals surface area contributed by atoms with Crippen LogP contribution in [0.5, 0.6) is 0 Å². The zero-order valence-corrected chi connectivity index (χ0v) is 12.1. The standard InChI is InChI=1S/C15H19N5O/c1-11(21)20-8-2-12(3-9-20)10-13-14(17-5-4-16-13)15-18-6-7-19-15/h4-7,12H,2-3,8-10H2,1H3,(H,18,19). The van der Waals surface area contributed by atoms with Gasteiger partial charge in [0.15, 0.2) is 5.82 Å². The van der Waals surface area contributed by atoms with E-state index >= 15 is 0 Å². The third kappa shape index (κ3) is 3.09. The second-order valence-corrected chi connectivity index (χ2v) is 5.44. The molecule has 0 bridgehead atoms. The van der Waals surface area contributed by atoms with Crippen molar-refractivity contribution in [1.29, 1.82) is 0 Å². The Labute approximate surface area is 123 Å². The van der Waals surface area contributed by atoms with E-state index in [2.05, 4.69) is 19.9 Å². The Balaban J connectivity index is 1.70. The van der Waals surface area contributed by atoms with Gasteiger partial charge in [-0.25, -0.2) is 9.97 Å². The van der Waals surface area contributed by atoms with Crippen LogP contribution in [0.2, 0.25) is 0 Å². The Morgan fingerprint density at radius 3 is 2.67 bits per heavy atom. The summed E-state index contributed by atoms with van der Waals surface area (Å²) in [7, 11) is 0. The van der Waals surface area contributed by atoms with E-state index in [1.165, 1.54) is 0 Å². The fraction of sp³-hybridized carbons (Fsp3) is 0.467. The van der Waals surface area contributed by atoms with E-state index in [-0.39, 0.29) is 5.91 Å². The molecular formula is C15H19N5O. The second-order valence-electron chi connectivity index (χ2n) is 5.44. The van der Waals surface area contributed by atoms with Gasteiger partial charge in [-0.15, -0.1) is 0 Å². The summed E-state index contributed by atoms with van der Waals surface area (Å²) in [4.78, 5) is 29.5. The molecular weight excluding hydrogens is 266 g/mol. The Bertz CT molecular complexity index is 602. The lowest BCUT2D eigenvalue weighted by molar-refractivity contribution is -0.130. The third-order valence-corrected chi connectivity index (χ3v) is 4.04. The average Bonchev–Trinajstić information content (AvgIpc) is 3.02. The van der Waals surface area contributed by atoms with Crippen molar-refractivity contribution in [3.8, 4) is 11.5 Å². The highest BCUT2D eigenvalue weighted by atomic mass is 16.2. The number of amides is 1. The van der Waals surface area contributed by atoms with Crippen molar-refractivity contribution in [1.82, 2.24) is 24.8 Å². The molecule has 1 amide bonds. The molecule has 1 aliphatic rings. The summed E-state index contributed by atoms with van der Waals surface area (Å²) in [5.74, 6) is 1.48. The molecule has 0 aliphatic carbocycles. The summed E-state index contributed by atoms with van der Waals surface area (Å²) in [5.41, 5.74) is 1.81. The first-order chi connectivity index (χ1) is 10.2. The summed E-state index contributed by atoms with van der Waals surface area (Å²) >= 11 is 0. The van der Waals surface area contributed by atoms with Crippen LogP contribution >= 0.6 is 0 Å². The lowest BCUT2D eigenvalue weighted by Crippen LogP contribution is -2.37. The van der Waals surface area contributed by atoms with Gasteiger partial charge in [-0.05, 0) is 25.2 Å². The van der Waals surface area contributed by atoms with Crippen molar-refractivity contribution in [2.45, 2.75) is 26.2 Å². The first-order valence-corrected chi connectivity index (χ1v) is 7.29. The molecule has 110 valence electrons. The van der Waals surface area contributed by atoms with Crippen molar-refractivity contribution in [2.75, 3.05) is 13.1 Å². The Morgan fingerprint density at radius 1 is 1.24 bits per heavy atom. The highest BCUT2D eigenvalue weighted by Gasteiger charge is 2.23. The number of H-pyrrole nitrogens is 1. The number of hydrogen-bond donors (Lipinski definition) is 1. The van der Waals surface area contributed by atoms with Gasteiger partial charge in [0, 0.05) is 44.8 Å². The minimum absolute atomic E-state index is 0.171. The number of piperidine rings is 1. The molecule has 6 heteroatoms. The minimum atomic E-state index is 0.171. The van der Waals surface area contributed by atoms with Gasteiger partial charge in [0.2, 0.25) is 5.91 Å². The maximum Gasteiger partial charge on any atom is 0.219 e. The molecule has 1 fully saturated rings. The Kier molecular flexibility index (Phi) is 3.94. The maximum atomic E-state index is 11.4. The van der Waals surface area contributed by atoms with Crippen LogP contribution in [0.3, 0.4) is 0 Å². The van der Waals surface area contributed by atoms with Crippen LogP contribution in [-0.2, 0) is 11.2 Å². The van der Waals surface area contributed by atoms with Crippen LogP contribution in [-0.4, -0.2) is 43.8 Å².